The lowest BCUT2D eigenvalue weighted by Gasteiger charge is -2.20. The van der Waals surface area contributed by atoms with Crippen molar-refractivity contribution in [2.24, 2.45) is 5.92 Å². The van der Waals surface area contributed by atoms with Gasteiger partial charge in [0.15, 0.2) is 0 Å². The van der Waals surface area contributed by atoms with E-state index in [2.05, 4.69) is 5.32 Å². The lowest BCUT2D eigenvalue weighted by atomic mass is 10.1. The van der Waals surface area contributed by atoms with E-state index in [0.29, 0.717) is 17.3 Å². The Morgan fingerprint density at radius 1 is 1.16 bits per heavy atom. The highest BCUT2D eigenvalue weighted by molar-refractivity contribution is 6.31. The first-order valence-electron chi connectivity index (χ1n) is 8.30. The molecule has 4 nitrogen and oxygen atoms in total. The quantitative estimate of drug-likeness (QED) is 0.893. The van der Waals surface area contributed by atoms with Gasteiger partial charge in [0.2, 0.25) is 11.8 Å². The molecule has 0 unspecified atom stereocenters. The standard InChI is InChI=1S/C20H21ClN2O2/c1-12-5-4-6-18(14(12)3)23-11-15(9-19(23)24)20(25)22-17-10-16(21)8-7-13(17)2/h4-8,10,15H,9,11H2,1-3H3,(H,22,25)/t15-/m1/s1. The van der Waals surface area contributed by atoms with Crippen molar-refractivity contribution in [1.29, 1.82) is 0 Å². The predicted octanol–water partition coefficient (Wildman–Crippen LogP) is 4.26. The minimum Gasteiger partial charge on any atom is -0.325 e. The van der Waals surface area contributed by atoms with Gasteiger partial charge in [0, 0.05) is 29.4 Å². The van der Waals surface area contributed by atoms with E-state index in [4.69, 9.17) is 11.6 Å². The summed E-state index contributed by atoms with van der Waals surface area (Å²) in [6.45, 7) is 6.33. The molecule has 0 saturated carbocycles. The number of benzene rings is 2. The number of nitrogens with zero attached hydrogens (tertiary/aromatic N) is 1. The fourth-order valence-electron chi connectivity index (χ4n) is 3.11. The van der Waals surface area contributed by atoms with Gasteiger partial charge in [0.1, 0.15) is 0 Å². The summed E-state index contributed by atoms with van der Waals surface area (Å²) in [5.41, 5.74) is 4.72. The molecule has 1 heterocycles. The molecule has 2 amide bonds. The molecule has 25 heavy (non-hydrogen) atoms. The molecule has 0 bridgehead atoms. The largest absolute Gasteiger partial charge is 0.325 e. The van der Waals surface area contributed by atoms with Crippen molar-refractivity contribution in [3.8, 4) is 0 Å². The SMILES string of the molecule is Cc1ccc(Cl)cc1NC(=O)[C@@H]1CC(=O)N(c2cccc(C)c2C)C1. The number of aryl methyl sites for hydroxylation is 2. The van der Waals surface area contributed by atoms with Crippen LogP contribution < -0.4 is 10.2 Å². The maximum Gasteiger partial charge on any atom is 0.229 e. The van der Waals surface area contributed by atoms with E-state index in [9.17, 15) is 9.59 Å². The van der Waals surface area contributed by atoms with Crippen LogP contribution >= 0.6 is 11.6 Å². The second kappa shape index (κ2) is 6.89. The van der Waals surface area contributed by atoms with Crippen molar-refractivity contribution in [1.82, 2.24) is 0 Å². The number of anilines is 2. The van der Waals surface area contributed by atoms with Crippen molar-refractivity contribution < 1.29 is 9.59 Å². The molecule has 2 aromatic rings. The highest BCUT2D eigenvalue weighted by Gasteiger charge is 2.35. The topological polar surface area (TPSA) is 49.4 Å². The van der Waals surface area contributed by atoms with Crippen LogP contribution in [0, 0.1) is 26.7 Å². The smallest absolute Gasteiger partial charge is 0.229 e. The van der Waals surface area contributed by atoms with Crippen LogP contribution in [0.15, 0.2) is 36.4 Å². The second-order valence-corrected chi connectivity index (χ2v) is 7.01. The Morgan fingerprint density at radius 3 is 2.68 bits per heavy atom. The van der Waals surface area contributed by atoms with Gasteiger partial charge < -0.3 is 10.2 Å². The summed E-state index contributed by atoms with van der Waals surface area (Å²) >= 11 is 6.00. The number of carbonyl (C=O) groups excluding carboxylic acids is 2. The zero-order valence-electron chi connectivity index (χ0n) is 14.6. The number of hydrogen-bond acceptors (Lipinski definition) is 2. The number of nitrogens with one attached hydrogen (secondary N) is 1. The van der Waals surface area contributed by atoms with E-state index in [1.54, 1.807) is 17.0 Å². The van der Waals surface area contributed by atoms with Crippen LogP contribution in [0.4, 0.5) is 11.4 Å². The van der Waals surface area contributed by atoms with E-state index < -0.39 is 0 Å². The maximum atomic E-state index is 12.6. The molecule has 5 heteroatoms. The summed E-state index contributed by atoms with van der Waals surface area (Å²) in [5, 5.41) is 3.48. The highest BCUT2D eigenvalue weighted by atomic mass is 35.5. The number of halogens is 1. The molecule has 0 radical (unpaired) electrons. The van der Waals surface area contributed by atoms with Gasteiger partial charge in [-0.2, -0.15) is 0 Å². The van der Waals surface area contributed by atoms with Gasteiger partial charge in [-0.3, -0.25) is 9.59 Å². The molecule has 3 rings (SSSR count). The monoisotopic (exact) mass is 356 g/mol. The number of carbonyl (C=O) groups is 2. The molecule has 1 atom stereocenters. The van der Waals surface area contributed by atoms with Crippen molar-refractivity contribution >= 4 is 34.8 Å². The average Bonchev–Trinajstić information content (AvgIpc) is 2.95. The van der Waals surface area contributed by atoms with E-state index in [1.165, 1.54) is 0 Å². The van der Waals surface area contributed by atoms with Gasteiger partial charge in [-0.25, -0.2) is 0 Å². The molecule has 130 valence electrons. The summed E-state index contributed by atoms with van der Waals surface area (Å²) in [7, 11) is 0. The normalized spacial score (nSPS) is 17.0. The minimum absolute atomic E-state index is 0.0170. The minimum atomic E-state index is -0.370. The first-order valence-corrected chi connectivity index (χ1v) is 8.68. The molecule has 2 aromatic carbocycles. The predicted molar refractivity (Wildman–Crippen MR) is 101 cm³/mol. The molecule has 1 saturated heterocycles. The highest BCUT2D eigenvalue weighted by Crippen LogP contribution is 2.30. The summed E-state index contributed by atoms with van der Waals surface area (Å²) in [4.78, 5) is 26.8. The van der Waals surface area contributed by atoms with Crippen LogP contribution in [-0.2, 0) is 9.59 Å². The van der Waals surface area contributed by atoms with Crippen LogP contribution in [0.3, 0.4) is 0 Å². The van der Waals surface area contributed by atoms with E-state index in [1.807, 2.05) is 45.0 Å². The van der Waals surface area contributed by atoms with Gasteiger partial charge in [0.05, 0.1) is 5.92 Å². The Balaban J connectivity index is 1.77. The first-order chi connectivity index (χ1) is 11.9. The molecular formula is C20H21ClN2O2. The lowest BCUT2D eigenvalue weighted by molar-refractivity contribution is -0.122. The third-order valence-electron chi connectivity index (χ3n) is 4.82. The van der Waals surface area contributed by atoms with Gasteiger partial charge in [-0.15, -0.1) is 0 Å². The molecule has 1 aliphatic heterocycles. The Hall–Kier alpha value is -2.33. The molecule has 0 aromatic heterocycles. The van der Waals surface area contributed by atoms with Gasteiger partial charge in [-0.05, 0) is 55.7 Å². The van der Waals surface area contributed by atoms with Crippen molar-refractivity contribution in [2.75, 3.05) is 16.8 Å². The maximum absolute atomic E-state index is 12.6. The Labute approximate surface area is 152 Å². The van der Waals surface area contributed by atoms with Crippen molar-refractivity contribution in [3.63, 3.8) is 0 Å². The summed E-state index contributed by atoms with van der Waals surface area (Å²) in [6.07, 6.45) is 0.221. The zero-order valence-corrected chi connectivity index (χ0v) is 15.4. The molecular weight excluding hydrogens is 336 g/mol. The number of amides is 2. The third-order valence-corrected chi connectivity index (χ3v) is 5.06. The average molecular weight is 357 g/mol. The lowest BCUT2D eigenvalue weighted by Crippen LogP contribution is -2.28. The van der Waals surface area contributed by atoms with E-state index in [-0.39, 0.29) is 24.2 Å². The first kappa shape index (κ1) is 17.5. The molecule has 0 spiro atoms. The zero-order chi connectivity index (χ0) is 18.1. The van der Waals surface area contributed by atoms with Crippen LogP contribution in [0.25, 0.3) is 0 Å². The molecule has 1 fully saturated rings. The Morgan fingerprint density at radius 2 is 1.92 bits per heavy atom. The van der Waals surface area contributed by atoms with E-state index in [0.717, 1.165) is 22.4 Å². The van der Waals surface area contributed by atoms with Crippen molar-refractivity contribution in [3.05, 3.63) is 58.1 Å². The molecule has 0 aliphatic carbocycles. The fourth-order valence-corrected chi connectivity index (χ4v) is 3.28. The summed E-state index contributed by atoms with van der Waals surface area (Å²) in [5.74, 6) is -0.533. The Kier molecular flexibility index (Phi) is 4.82. The fraction of sp³-hybridized carbons (Fsp3) is 0.300. The van der Waals surface area contributed by atoms with Gasteiger partial charge in [0.25, 0.3) is 0 Å². The number of hydrogen-bond donors (Lipinski definition) is 1. The Bertz CT molecular complexity index is 848. The van der Waals surface area contributed by atoms with Crippen LogP contribution in [0.1, 0.15) is 23.1 Å². The van der Waals surface area contributed by atoms with Crippen LogP contribution in [0.2, 0.25) is 5.02 Å². The van der Waals surface area contributed by atoms with Crippen LogP contribution in [0.5, 0.6) is 0 Å². The van der Waals surface area contributed by atoms with Crippen LogP contribution in [-0.4, -0.2) is 18.4 Å². The molecule has 1 aliphatic rings. The van der Waals surface area contributed by atoms with Gasteiger partial charge in [-0.1, -0.05) is 29.8 Å². The number of rotatable bonds is 3. The third kappa shape index (κ3) is 3.54. The second-order valence-electron chi connectivity index (χ2n) is 6.57. The van der Waals surface area contributed by atoms with Crippen molar-refractivity contribution in [2.45, 2.75) is 27.2 Å². The molecule has 1 N–H and O–H groups in total. The summed E-state index contributed by atoms with van der Waals surface area (Å²) in [6, 6.07) is 11.3. The van der Waals surface area contributed by atoms with E-state index >= 15 is 0 Å². The summed E-state index contributed by atoms with van der Waals surface area (Å²) < 4.78 is 0. The van der Waals surface area contributed by atoms with Gasteiger partial charge >= 0.3 is 0 Å².